The van der Waals surface area contributed by atoms with Crippen LogP contribution in [0.1, 0.15) is 11.1 Å². The number of rotatable bonds is 4. The molecule has 0 aliphatic carbocycles. The second-order valence-electron chi connectivity index (χ2n) is 6.87. The lowest BCUT2D eigenvalue weighted by Gasteiger charge is -2.35. The van der Waals surface area contributed by atoms with Crippen LogP contribution >= 0.6 is 12.2 Å². The lowest BCUT2D eigenvalue weighted by atomic mass is 10.1. The Kier molecular flexibility index (Phi) is 5.00. The summed E-state index contributed by atoms with van der Waals surface area (Å²) in [5, 5.41) is 8.62. The summed E-state index contributed by atoms with van der Waals surface area (Å²) in [6.45, 7) is 8.67. The van der Waals surface area contributed by atoms with Crippen molar-refractivity contribution in [3.63, 3.8) is 0 Å². The van der Waals surface area contributed by atoms with E-state index in [1.54, 1.807) is 4.68 Å². The summed E-state index contributed by atoms with van der Waals surface area (Å²) in [5.41, 5.74) is 4.53. The highest BCUT2D eigenvalue weighted by Gasteiger charge is 2.19. The fourth-order valence-electron chi connectivity index (χ4n) is 3.53. The van der Waals surface area contributed by atoms with Gasteiger partial charge < -0.3 is 4.90 Å². The van der Waals surface area contributed by atoms with Crippen LogP contribution in [0.4, 0.5) is 5.69 Å². The monoisotopic (exact) mass is 381 g/mol. The molecule has 2 aromatic heterocycles. The molecule has 140 valence electrons. The third-order valence-electron chi connectivity index (χ3n) is 5.02. The Labute approximate surface area is 163 Å². The Balaban J connectivity index is 1.46. The van der Waals surface area contributed by atoms with E-state index in [1.165, 1.54) is 5.69 Å². The van der Waals surface area contributed by atoms with Gasteiger partial charge in [0.2, 0.25) is 4.77 Å². The average Bonchev–Trinajstić information content (AvgIpc) is 3.03. The number of anilines is 1. The summed E-state index contributed by atoms with van der Waals surface area (Å²) in [7, 11) is 0. The number of tetrazole rings is 1. The molecule has 0 N–H and O–H groups in total. The molecule has 0 amide bonds. The number of nitrogens with zero attached hydrogens (tertiary/aromatic N) is 7. The Bertz CT molecular complexity index is 951. The zero-order valence-electron chi connectivity index (χ0n) is 15.6. The Morgan fingerprint density at radius 1 is 0.926 bits per heavy atom. The maximum atomic E-state index is 5.65. The van der Waals surface area contributed by atoms with Crippen molar-refractivity contribution in [2.75, 3.05) is 31.1 Å². The Morgan fingerprint density at radius 2 is 1.59 bits per heavy atom. The van der Waals surface area contributed by atoms with Crippen LogP contribution < -0.4 is 4.90 Å². The summed E-state index contributed by atoms with van der Waals surface area (Å²) in [6.07, 6.45) is 3.68. The summed E-state index contributed by atoms with van der Waals surface area (Å²) in [4.78, 5) is 8.83. The summed E-state index contributed by atoms with van der Waals surface area (Å²) in [6, 6.07) is 10.3. The van der Waals surface area contributed by atoms with Gasteiger partial charge in [-0.3, -0.25) is 9.88 Å². The first-order chi connectivity index (χ1) is 13.1. The first-order valence-electron chi connectivity index (χ1n) is 9.10. The molecule has 0 bridgehead atoms. The molecule has 4 rings (SSSR count). The van der Waals surface area contributed by atoms with Gasteiger partial charge in [0.25, 0.3) is 0 Å². The smallest absolute Gasteiger partial charge is 0.221 e. The molecule has 1 aliphatic heterocycles. The molecule has 0 atom stereocenters. The standard InChI is InChI=1S/C19H23N7S/c1-15-4-3-5-16(2)18(15)26-19(27)25(21-22-26)14-23-10-12-24(13-11-23)17-6-8-20-9-7-17/h3-9H,10-14H2,1-2H3. The van der Waals surface area contributed by atoms with Crippen LogP contribution in [0.2, 0.25) is 0 Å². The van der Waals surface area contributed by atoms with Gasteiger partial charge in [-0.2, -0.15) is 4.68 Å². The third kappa shape index (κ3) is 3.63. The minimum Gasteiger partial charge on any atom is -0.369 e. The van der Waals surface area contributed by atoms with E-state index in [4.69, 9.17) is 12.2 Å². The number of benzene rings is 1. The van der Waals surface area contributed by atoms with Gasteiger partial charge in [-0.1, -0.05) is 18.2 Å². The van der Waals surface area contributed by atoms with Gasteiger partial charge in [0, 0.05) is 44.3 Å². The van der Waals surface area contributed by atoms with Crippen LogP contribution in [0.15, 0.2) is 42.7 Å². The molecule has 8 heteroatoms. The van der Waals surface area contributed by atoms with Crippen molar-refractivity contribution in [2.24, 2.45) is 0 Å². The topological polar surface area (TPSA) is 55.0 Å². The Hall–Kier alpha value is -2.58. The zero-order valence-corrected chi connectivity index (χ0v) is 16.4. The fourth-order valence-corrected chi connectivity index (χ4v) is 3.76. The summed E-state index contributed by atoms with van der Waals surface area (Å²) < 4.78 is 4.21. The minimum atomic E-state index is 0.629. The number of aryl methyl sites for hydroxylation is 2. The second kappa shape index (κ2) is 7.58. The van der Waals surface area contributed by atoms with Crippen molar-refractivity contribution >= 4 is 17.9 Å². The molecule has 0 saturated carbocycles. The predicted molar refractivity (Wildman–Crippen MR) is 108 cm³/mol. The number of piperazine rings is 1. The largest absolute Gasteiger partial charge is 0.369 e. The van der Waals surface area contributed by atoms with E-state index in [2.05, 4.69) is 63.3 Å². The van der Waals surface area contributed by atoms with Crippen molar-refractivity contribution < 1.29 is 0 Å². The van der Waals surface area contributed by atoms with Gasteiger partial charge in [0.05, 0.1) is 12.4 Å². The van der Waals surface area contributed by atoms with Crippen LogP contribution in [-0.2, 0) is 6.67 Å². The molecule has 1 aliphatic rings. The molecule has 3 heterocycles. The SMILES string of the molecule is Cc1cccc(C)c1-n1nnn(CN2CCN(c3ccncc3)CC2)c1=S. The number of hydrogen-bond donors (Lipinski definition) is 0. The summed E-state index contributed by atoms with van der Waals surface area (Å²) >= 11 is 5.65. The lowest BCUT2D eigenvalue weighted by Crippen LogP contribution is -2.47. The van der Waals surface area contributed by atoms with Gasteiger partial charge in [-0.05, 0) is 59.8 Å². The molecular weight excluding hydrogens is 358 g/mol. The van der Waals surface area contributed by atoms with E-state index in [-0.39, 0.29) is 0 Å². The van der Waals surface area contributed by atoms with Gasteiger partial charge in [0.15, 0.2) is 0 Å². The summed E-state index contributed by atoms with van der Waals surface area (Å²) in [5.74, 6) is 0. The molecule has 0 radical (unpaired) electrons. The van der Waals surface area contributed by atoms with Crippen LogP contribution in [0, 0.1) is 18.6 Å². The first kappa shape index (κ1) is 17.8. The highest BCUT2D eigenvalue weighted by molar-refractivity contribution is 7.71. The van der Waals surface area contributed by atoms with Gasteiger partial charge in [-0.25, -0.2) is 4.68 Å². The number of hydrogen-bond acceptors (Lipinski definition) is 6. The molecule has 0 unspecified atom stereocenters. The van der Waals surface area contributed by atoms with Gasteiger partial charge in [-0.15, -0.1) is 0 Å². The molecule has 0 spiro atoms. The van der Waals surface area contributed by atoms with Crippen LogP contribution in [0.3, 0.4) is 0 Å². The minimum absolute atomic E-state index is 0.629. The normalized spacial score (nSPS) is 15.3. The Morgan fingerprint density at radius 3 is 2.26 bits per heavy atom. The average molecular weight is 382 g/mol. The molecule has 1 fully saturated rings. The van der Waals surface area contributed by atoms with E-state index in [0.717, 1.165) is 43.0 Å². The molecule has 3 aromatic rings. The van der Waals surface area contributed by atoms with Crippen molar-refractivity contribution in [2.45, 2.75) is 20.5 Å². The highest BCUT2D eigenvalue weighted by Crippen LogP contribution is 2.18. The van der Waals surface area contributed by atoms with E-state index in [0.29, 0.717) is 11.4 Å². The van der Waals surface area contributed by atoms with Gasteiger partial charge >= 0.3 is 0 Å². The van der Waals surface area contributed by atoms with E-state index >= 15 is 0 Å². The molecule has 27 heavy (non-hydrogen) atoms. The lowest BCUT2D eigenvalue weighted by molar-refractivity contribution is 0.193. The van der Waals surface area contributed by atoms with E-state index in [1.807, 2.05) is 23.1 Å². The number of pyridine rings is 1. The second-order valence-corrected chi connectivity index (χ2v) is 7.23. The molecule has 1 aromatic carbocycles. The van der Waals surface area contributed by atoms with Crippen molar-refractivity contribution in [3.05, 3.63) is 58.6 Å². The quantitative estimate of drug-likeness (QED) is 0.648. The first-order valence-corrected chi connectivity index (χ1v) is 9.51. The van der Waals surface area contributed by atoms with Crippen molar-refractivity contribution in [1.29, 1.82) is 0 Å². The van der Waals surface area contributed by atoms with Gasteiger partial charge in [0.1, 0.15) is 0 Å². The third-order valence-corrected chi connectivity index (χ3v) is 5.41. The van der Waals surface area contributed by atoms with E-state index < -0.39 is 0 Å². The molecule has 7 nitrogen and oxygen atoms in total. The zero-order chi connectivity index (χ0) is 18.8. The number of para-hydroxylation sites is 1. The van der Waals surface area contributed by atoms with Crippen molar-refractivity contribution in [1.82, 2.24) is 29.7 Å². The van der Waals surface area contributed by atoms with Crippen LogP contribution in [-0.4, -0.2) is 55.9 Å². The number of aromatic nitrogens is 5. The van der Waals surface area contributed by atoms with Crippen LogP contribution in [0.5, 0.6) is 0 Å². The molecular formula is C19H23N7S. The highest BCUT2D eigenvalue weighted by atomic mass is 32.1. The van der Waals surface area contributed by atoms with E-state index in [9.17, 15) is 0 Å². The maximum absolute atomic E-state index is 5.65. The predicted octanol–water partition coefficient (Wildman–Crippen LogP) is 2.59. The van der Waals surface area contributed by atoms with Crippen molar-refractivity contribution in [3.8, 4) is 5.69 Å². The molecule has 1 saturated heterocycles. The van der Waals surface area contributed by atoms with Crippen LogP contribution in [0.25, 0.3) is 5.69 Å². The fraction of sp³-hybridized carbons (Fsp3) is 0.368. The maximum Gasteiger partial charge on any atom is 0.221 e.